The van der Waals surface area contributed by atoms with Gasteiger partial charge in [-0.1, -0.05) is 66.7 Å². The molecule has 5 heteroatoms. The molecule has 31 heavy (non-hydrogen) atoms. The molecule has 160 valence electrons. The van der Waals surface area contributed by atoms with Crippen LogP contribution in [0.25, 0.3) is 0 Å². The highest BCUT2D eigenvalue weighted by atomic mass is 35.5. The minimum atomic E-state index is -0.724. The summed E-state index contributed by atoms with van der Waals surface area (Å²) < 4.78 is 5.54. The molecule has 4 rings (SSSR count). The first kappa shape index (κ1) is 21.4. The highest BCUT2D eigenvalue weighted by molar-refractivity contribution is 6.31. The van der Waals surface area contributed by atoms with E-state index in [2.05, 4.69) is 24.0 Å². The lowest BCUT2D eigenvalue weighted by Crippen LogP contribution is -2.42. The first-order valence-corrected chi connectivity index (χ1v) is 11.0. The fourth-order valence-electron chi connectivity index (χ4n) is 4.66. The molecule has 2 aromatic carbocycles. The molecule has 3 atom stereocenters. The summed E-state index contributed by atoms with van der Waals surface area (Å²) in [5, 5.41) is 3.81. The fraction of sp³-hybridized carbons (Fsp3) is 0.308. The summed E-state index contributed by atoms with van der Waals surface area (Å²) >= 11 is 6.55. The lowest BCUT2D eigenvalue weighted by atomic mass is 9.69. The van der Waals surface area contributed by atoms with Crippen molar-refractivity contribution in [1.29, 1.82) is 0 Å². The summed E-state index contributed by atoms with van der Waals surface area (Å²) in [4.78, 5) is 26.6. The van der Waals surface area contributed by atoms with Gasteiger partial charge in [0.1, 0.15) is 5.92 Å². The molecule has 1 heterocycles. The molecule has 4 nitrogen and oxygen atoms in total. The molecule has 2 aliphatic rings. The number of ketones is 1. The maximum Gasteiger partial charge on any atom is 0.316 e. The first-order chi connectivity index (χ1) is 14.9. The Morgan fingerprint density at radius 3 is 2.45 bits per heavy atom. The number of hydrogen-bond acceptors (Lipinski definition) is 4. The second-order valence-electron chi connectivity index (χ2n) is 8.44. The Bertz CT molecular complexity index is 1060. The molecule has 1 N–H and O–H groups in total. The van der Waals surface area contributed by atoms with Crippen LogP contribution in [-0.4, -0.2) is 17.9 Å². The van der Waals surface area contributed by atoms with E-state index < -0.39 is 17.8 Å². The van der Waals surface area contributed by atoms with Gasteiger partial charge in [0.2, 0.25) is 0 Å². The van der Waals surface area contributed by atoms with Crippen molar-refractivity contribution in [2.75, 3.05) is 0 Å². The van der Waals surface area contributed by atoms with E-state index in [0.717, 1.165) is 16.8 Å². The van der Waals surface area contributed by atoms with Gasteiger partial charge in [-0.25, -0.2) is 0 Å². The average Bonchev–Trinajstić information content (AvgIpc) is 2.73. The summed E-state index contributed by atoms with van der Waals surface area (Å²) in [5.74, 6) is -1.53. The monoisotopic (exact) mass is 435 g/mol. The molecule has 0 aromatic heterocycles. The Balaban J connectivity index is 1.81. The van der Waals surface area contributed by atoms with Crippen LogP contribution in [0.1, 0.15) is 49.7 Å². The van der Waals surface area contributed by atoms with Crippen LogP contribution in [0.3, 0.4) is 0 Å². The minimum Gasteiger partial charge on any atom is -0.462 e. The number of ether oxygens (including phenoxy) is 1. The Morgan fingerprint density at radius 1 is 1.10 bits per heavy atom. The second kappa shape index (κ2) is 8.72. The Kier molecular flexibility index (Phi) is 6.01. The number of Topliss-reactive ketones (excluding diaryl/α,β-unsaturated/α-hetero) is 1. The van der Waals surface area contributed by atoms with Gasteiger partial charge in [0.05, 0.1) is 6.10 Å². The highest BCUT2D eigenvalue weighted by Crippen LogP contribution is 2.48. The van der Waals surface area contributed by atoms with E-state index in [0.29, 0.717) is 29.1 Å². The van der Waals surface area contributed by atoms with Crippen LogP contribution in [0.4, 0.5) is 0 Å². The zero-order valence-corrected chi connectivity index (χ0v) is 18.5. The normalized spacial score (nSPS) is 23.4. The number of nitrogens with one attached hydrogen (secondary N) is 1. The molecular weight excluding hydrogens is 410 g/mol. The summed E-state index contributed by atoms with van der Waals surface area (Å²) in [6.07, 6.45) is 0.799. The number of carbonyl (C=O) groups is 2. The molecule has 1 aliphatic heterocycles. The van der Waals surface area contributed by atoms with Crippen molar-refractivity contribution in [2.45, 2.75) is 44.6 Å². The molecular formula is C26H26ClNO3. The summed E-state index contributed by atoms with van der Waals surface area (Å²) in [5.41, 5.74) is 3.87. The third kappa shape index (κ3) is 4.17. The lowest BCUT2D eigenvalue weighted by molar-refractivity contribution is -0.151. The Labute approximate surface area is 187 Å². The number of benzene rings is 2. The van der Waals surface area contributed by atoms with Gasteiger partial charge in [0, 0.05) is 34.3 Å². The van der Waals surface area contributed by atoms with Crippen molar-refractivity contribution in [2.24, 2.45) is 5.92 Å². The van der Waals surface area contributed by atoms with Crippen LogP contribution in [0, 0.1) is 5.92 Å². The molecule has 1 aliphatic carbocycles. The van der Waals surface area contributed by atoms with Gasteiger partial charge >= 0.3 is 5.97 Å². The van der Waals surface area contributed by atoms with E-state index >= 15 is 0 Å². The maximum absolute atomic E-state index is 13.5. The number of rotatable bonds is 4. The lowest BCUT2D eigenvalue weighted by Gasteiger charge is -2.40. The number of carbonyl (C=O) groups excluding carboxylic acids is 2. The topological polar surface area (TPSA) is 55.4 Å². The van der Waals surface area contributed by atoms with Crippen molar-refractivity contribution in [3.8, 4) is 0 Å². The molecule has 0 fully saturated rings. The molecule has 0 amide bonds. The van der Waals surface area contributed by atoms with Crippen LogP contribution >= 0.6 is 11.6 Å². The van der Waals surface area contributed by atoms with Gasteiger partial charge in [-0.2, -0.15) is 0 Å². The van der Waals surface area contributed by atoms with Crippen LogP contribution < -0.4 is 5.32 Å². The van der Waals surface area contributed by atoms with Crippen LogP contribution in [0.15, 0.2) is 78.1 Å². The third-order valence-corrected chi connectivity index (χ3v) is 6.30. The Hall–Kier alpha value is -2.85. The summed E-state index contributed by atoms with van der Waals surface area (Å²) in [7, 11) is 0. The highest BCUT2D eigenvalue weighted by Gasteiger charge is 2.46. The van der Waals surface area contributed by atoms with Crippen LogP contribution in [0.5, 0.6) is 0 Å². The van der Waals surface area contributed by atoms with Gasteiger partial charge < -0.3 is 10.1 Å². The predicted octanol–water partition coefficient (Wildman–Crippen LogP) is 5.51. The van der Waals surface area contributed by atoms with E-state index in [-0.39, 0.29) is 17.8 Å². The molecule has 3 unspecified atom stereocenters. The second-order valence-corrected chi connectivity index (χ2v) is 8.85. The molecule has 2 aromatic rings. The van der Waals surface area contributed by atoms with E-state index in [4.69, 9.17) is 16.3 Å². The van der Waals surface area contributed by atoms with Crippen LogP contribution in [0.2, 0.25) is 5.02 Å². The van der Waals surface area contributed by atoms with E-state index in [1.54, 1.807) is 6.07 Å². The van der Waals surface area contributed by atoms with E-state index in [9.17, 15) is 9.59 Å². The van der Waals surface area contributed by atoms with Crippen molar-refractivity contribution in [3.63, 3.8) is 0 Å². The van der Waals surface area contributed by atoms with Crippen LogP contribution in [-0.2, 0) is 14.3 Å². The molecule has 0 saturated heterocycles. The number of esters is 1. The first-order valence-electron chi connectivity index (χ1n) is 10.6. The molecule has 0 spiro atoms. The SMILES string of the molecule is C=C1NC2=C(C(=O)CC(c3ccccc3)C2)C(c2ccccc2Cl)C1C(=O)OC(C)C. The standard InChI is InChI=1S/C26H26ClNO3/c1-15(2)31-26(30)23-16(3)28-21-13-18(17-9-5-4-6-10-17)14-22(29)25(21)24(23)19-11-7-8-12-20(19)27/h4-12,15,18,23-24,28H,3,13-14H2,1-2H3. The van der Waals surface area contributed by atoms with Crippen molar-refractivity contribution in [3.05, 3.63) is 94.3 Å². The third-order valence-electron chi connectivity index (χ3n) is 5.96. The number of hydrogen-bond donors (Lipinski definition) is 1. The van der Waals surface area contributed by atoms with E-state index in [1.165, 1.54) is 0 Å². The van der Waals surface area contributed by atoms with Gasteiger partial charge in [0.15, 0.2) is 5.78 Å². The minimum absolute atomic E-state index is 0.0300. The maximum atomic E-state index is 13.5. The van der Waals surface area contributed by atoms with Gasteiger partial charge in [0.25, 0.3) is 0 Å². The number of halogens is 1. The summed E-state index contributed by atoms with van der Waals surface area (Å²) in [6, 6.07) is 17.4. The number of allylic oxidation sites excluding steroid dienone is 2. The summed E-state index contributed by atoms with van der Waals surface area (Å²) in [6.45, 7) is 7.76. The quantitative estimate of drug-likeness (QED) is 0.643. The molecule has 0 saturated carbocycles. The zero-order chi connectivity index (χ0) is 22.1. The Morgan fingerprint density at radius 2 is 1.77 bits per heavy atom. The zero-order valence-electron chi connectivity index (χ0n) is 17.7. The van der Waals surface area contributed by atoms with Gasteiger partial charge in [-0.15, -0.1) is 0 Å². The predicted molar refractivity (Wildman–Crippen MR) is 122 cm³/mol. The van der Waals surface area contributed by atoms with Crippen molar-refractivity contribution in [1.82, 2.24) is 5.32 Å². The van der Waals surface area contributed by atoms with Crippen molar-refractivity contribution >= 4 is 23.4 Å². The smallest absolute Gasteiger partial charge is 0.316 e. The molecule has 0 radical (unpaired) electrons. The van der Waals surface area contributed by atoms with Crippen molar-refractivity contribution < 1.29 is 14.3 Å². The fourth-order valence-corrected chi connectivity index (χ4v) is 4.91. The molecule has 0 bridgehead atoms. The van der Waals surface area contributed by atoms with E-state index in [1.807, 2.05) is 50.2 Å². The largest absolute Gasteiger partial charge is 0.462 e. The average molecular weight is 436 g/mol. The van der Waals surface area contributed by atoms with Gasteiger partial charge in [-0.05, 0) is 43.4 Å². The van der Waals surface area contributed by atoms with Gasteiger partial charge in [-0.3, -0.25) is 9.59 Å².